The Kier molecular flexibility index (Phi) is 4.77. The number of nitrogens with one attached hydrogen (secondary N) is 1. The number of hydrogen-bond acceptors (Lipinski definition) is 5. The van der Waals surface area contributed by atoms with Crippen molar-refractivity contribution < 1.29 is 4.52 Å². The van der Waals surface area contributed by atoms with Gasteiger partial charge in [-0.1, -0.05) is 30.8 Å². The van der Waals surface area contributed by atoms with Crippen molar-refractivity contribution in [2.24, 2.45) is 0 Å². The quantitative estimate of drug-likeness (QED) is 0.916. The van der Waals surface area contributed by atoms with Gasteiger partial charge in [-0.05, 0) is 32.2 Å². The summed E-state index contributed by atoms with van der Waals surface area (Å²) in [5.74, 6) is 2.57. The molecule has 0 radical (unpaired) electrons. The first-order chi connectivity index (χ1) is 9.42. The Labute approximate surface area is 119 Å². The van der Waals surface area contributed by atoms with Crippen molar-refractivity contribution in [2.45, 2.75) is 68.4 Å². The van der Waals surface area contributed by atoms with E-state index in [-0.39, 0.29) is 6.04 Å². The molecule has 1 saturated heterocycles. The monoisotopic (exact) mass is 281 g/mol. The Hall–Kier alpha value is -0.550. The third-order valence-corrected chi connectivity index (χ3v) is 5.46. The number of aromatic nitrogens is 2. The Morgan fingerprint density at radius 2 is 1.95 bits per heavy atom. The smallest absolute Gasteiger partial charge is 0.243 e. The van der Waals surface area contributed by atoms with Crippen LogP contribution in [0.4, 0.5) is 0 Å². The van der Waals surface area contributed by atoms with E-state index in [1.54, 1.807) is 0 Å². The molecule has 2 fully saturated rings. The van der Waals surface area contributed by atoms with Crippen LogP contribution in [0.5, 0.6) is 0 Å². The van der Waals surface area contributed by atoms with Gasteiger partial charge in [-0.2, -0.15) is 16.7 Å². The van der Waals surface area contributed by atoms with Gasteiger partial charge in [0.1, 0.15) is 0 Å². The highest BCUT2D eigenvalue weighted by atomic mass is 32.2. The second kappa shape index (κ2) is 6.75. The lowest BCUT2D eigenvalue weighted by Crippen LogP contribution is -2.26. The maximum absolute atomic E-state index is 5.41. The van der Waals surface area contributed by atoms with Crippen LogP contribution in [-0.2, 0) is 5.75 Å². The molecule has 0 bridgehead atoms. The Morgan fingerprint density at radius 1 is 1.11 bits per heavy atom. The van der Waals surface area contributed by atoms with Crippen molar-refractivity contribution in [3.8, 4) is 0 Å². The maximum Gasteiger partial charge on any atom is 0.243 e. The molecule has 1 aliphatic heterocycles. The third-order valence-electron chi connectivity index (χ3n) is 4.09. The molecule has 106 valence electrons. The molecule has 1 N–H and O–H groups in total. The summed E-state index contributed by atoms with van der Waals surface area (Å²) in [5, 5.41) is 8.39. The second-order valence-electron chi connectivity index (χ2n) is 5.62. The molecule has 1 atom stereocenters. The average Bonchev–Trinajstić information content (AvgIpc) is 2.96. The lowest BCUT2D eigenvalue weighted by molar-refractivity contribution is 0.296. The first-order valence-corrected chi connectivity index (χ1v) is 8.64. The summed E-state index contributed by atoms with van der Waals surface area (Å²) in [6.07, 6.45) is 10.6. The van der Waals surface area contributed by atoms with Crippen molar-refractivity contribution in [3.05, 3.63) is 11.7 Å². The molecule has 1 aromatic rings. The molecule has 19 heavy (non-hydrogen) atoms. The van der Waals surface area contributed by atoms with Gasteiger partial charge in [-0.15, -0.1) is 0 Å². The summed E-state index contributed by atoms with van der Waals surface area (Å²) in [7, 11) is 0. The number of nitrogens with zero attached hydrogens (tertiary/aromatic N) is 2. The van der Waals surface area contributed by atoms with E-state index >= 15 is 0 Å². The van der Waals surface area contributed by atoms with Crippen LogP contribution in [0.2, 0.25) is 0 Å². The van der Waals surface area contributed by atoms with E-state index in [0.29, 0.717) is 0 Å². The molecule has 1 aliphatic carbocycles. The van der Waals surface area contributed by atoms with Gasteiger partial charge in [0, 0.05) is 5.25 Å². The number of piperidine rings is 1. The van der Waals surface area contributed by atoms with Gasteiger partial charge >= 0.3 is 0 Å². The summed E-state index contributed by atoms with van der Waals surface area (Å²) in [5.41, 5.74) is 0. The van der Waals surface area contributed by atoms with Gasteiger partial charge in [0.25, 0.3) is 0 Å². The predicted molar refractivity (Wildman–Crippen MR) is 77.1 cm³/mol. The summed E-state index contributed by atoms with van der Waals surface area (Å²) in [6.45, 7) is 1.07. The molecule has 3 rings (SSSR count). The van der Waals surface area contributed by atoms with Crippen LogP contribution in [0.3, 0.4) is 0 Å². The van der Waals surface area contributed by atoms with Crippen molar-refractivity contribution >= 4 is 11.8 Å². The zero-order chi connectivity index (χ0) is 12.9. The van der Waals surface area contributed by atoms with Crippen LogP contribution in [-0.4, -0.2) is 21.9 Å². The molecule has 1 saturated carbocycles. The molecule has 2 heterocycles. The normalized spacial score (nSPS) is 25.6. The lowest BCUT2D eigenvalue weighted by atomic mass is 10.0. The Bertz CT molecular complexity index is 384. The minimum atomic E-state index is 0.287. The van der Waals surface area contributed by atoms with E-state index < -0.39 is 0 Å². The Morgan fingerprint density at radius 3 is 2.74 bits per heavy atom. The highest BCUT2D eigenvalue weighted by Gasteiger charge is 2.21. The molecule has 4 nitrogen and oxygen atoms in total. The van der Waals surface area contributed by atoms with E-state index in [1.165, 1.54) is 44.9 Å². The standard InChI is InChI=1S/C14H23N3OS/c1-2-6-11(7-3-1)19-10-13-16-14(18-17-13)12-8-4-5-9-15-12/h11-12,15H,1-10H2. The molecule has 0 amide bonds. The van der Waals surface area contributed by atoms with Crippen molar-refractivity contribution in [1.29, 1.82) is 0 Å². The third kappa shape index (κ3) is 3.72. The minimum Gasteiger partial charge on any atom is -0.338 e. The topological polar surface area (TPSA) is 51.0 Å². The van der Waals surface area contributed by atoms with Gasteiger partial charge < -0.3 is 9.84 Å². The molecule has 1 unspecified atom stereocenters. The van der Waals surface area contributed by atoms with Gasteiger partial charge in [-0.25, -0.2) is 0 Å². The van der Waals surface area contributed by atoms with Crippen LogP contribution in [0, 0.1) is 0 Å². The molecule has 5 heteroatoms. The van der Waals surface area contributed by atoms with Gasteiger partial charge in [0.15, 0.2) is 5.82 Å². The Balaban J connectivity index is 1.49. The number of rotatable bonds is 4. The zero-order valence-corrected chi connectivity index (χ0v) is 12.3. The maximum atomic E-state index is 5.41. The van der Waals surface area contributed by atoms with E-state index in [4.69, 9.17) is 4.52 Å². The summed E-state index contributed by atoms with van der Waals surface area (Å²) >= 11 is 2.01. The van der Waals surface area contributed by atoms with Crippen LogP contribution < -0.4 is 5.32 Å². The first-order valence-electron chi connectivity index (χ1n) is 7.59. The van der Waals surface area contributed by atoms with Crippen LogP contribution >= 0.6 is 11.8 Å². The number of hydrogen-bond donors (Lipinski definition) is 1. The fourth-order valence-electron chi connectivity index (χ4n) is 2.95. The molecule has 1 aromatic heterocycles. The van der Waals surface area contributed by atoms with E-state index in [0.717, 1.165) is 35.7 Å². The lowest BCUT2D eigenvalue weighted by Gasteiger charge is -2.20. The molecular weight excluding hydrogens is 258 g/mol. The largest absolute Gasteiger partial charge is 0.338 e. The van der Waals surface area contributed by atoms with Crippen molar-refractivity contribution in [1.82, 2.24) is 15.5 Å². The van der Waals surface area contributed by atoms with Crippen LogP contribution in [0.25, 0.3) is 0 Å². The van der Waals surface area contributed by atoms with Crippen LogP contribution in [0.1, 0.15) is 69.1 Å². The van der Waals surface area contributed by atoms with E-state index in [9.17, 15) is 0 Å². The van der Waals surface area contributed by atoms with E-state index in [1.807, 2.05) is 11.8 Å². The van der Waals surface area contributed by atoms with Crippen LogP contribution in [0.15, 0.2) is 4.52 Å². The SMILES string of the molecule is C1CCC(SCc2noc(C3CCCCN3)n2)CC1. The fourth-order valence-corrected chi connectivity index (χ4v) is 4.12. The summed E-state index contributed by atoms with van der Waals surface area (Å²) in [6, 6.07) is 0.287. The van der Waals surface area contributed by atoms with Crippen molar-refractivity contribution in [3.63, 3.8) is 0 Å². The van der Waals surface area contributed by atoms with E-state index in [2.05, 4.69) is 15.5 Å². The average molecular weight is 281 g/mol. The molecular formula is C14H23N3OS. The summed E-state index contributed by atoms with van der Waals surface area (Å²) in [4.78, 5) is 4.56. The molecule has 0 aromatic carbocycles. The fraction of sp³-hybridized carbons (Fsp3) is 0.857. The highest BCUT2D eigenvalue weighted by Crippen LogP contribution is 2.30. The second-order valence-corrected chi connectivity index (χ2v) is 6.91. The molecule has 0 spiro atoms. The molecule has 2 aliphatic rings. The highest BCUT2D eigenvalue weighted by molar-refractivity contribution is 7.99. The summed E-state index contributed by atoms with van der Waals surface area (Å²) < 4.78 is 5.41. The van der Waals surface area contributed by atoms with Gasteiger partial charge in [-0.3, -0.25) is 0 Å². The van der Waals surface area contributed by atoms with Gasteiger partial charge in [0.05, 0.1) is 11.8 Å². The predicted octanol–water partition coefficient (Wildman–Crippen LogP) is 3.45. The number of thioether (sulfide) groups is 1. The zero-order valence-electron chi connectivity index (χ0n) is 11.4. The van der Waals surface area contributed by atoms with Gasteiger partial charge in [0.2, 0.25) is 5.89 Å². The minimum absolute atomic E-state index is 0.287. The van der Waals surface area contributed by atoms with Crippen molar-refractivity contribution in [2.75, 3.05) is 6.54 Å². The first kappa shape index (κ1) is 13.4.